The maximum atomic E-state index is 13.7. The Bertz CT molecular complexity index is 1110. The standard InChI is InChI=1S/C29H39N3O4/c1-7-10-21(8-2)16-26(33)30-13-11-29(12-14-30)25-15-20(4)27-22(17-23(35-5)18-24(27)36-6)19-31(25)28(34)32(29)9-3/h7-8,10,15,17-18,20H,9,11-14,16,19H2,1-6H3. The number of nitrogens with zero attached hydrogens (tertiary/aromatic N) is 3. The van der Waals surface area contributed by atoms with E-state index < -0.39 is 5.54 Å². The summed E-state index contributed by atoms with van der Waals surface area (Å²) in [4.78, 5) is 32.7. The van der Waals surface area contributed by atoms with Crippen LogP contribution < -0.4 is 9.47 Å². The number of fused-ring (bicyclic) bond motifs is 3. The molecular formula is C29H39N3O4. The van der Waals surface area contributed by atoms with Crippen LogP contribution in [0.5, 0.6) is 11.5 Å². The van der Waals surface area contributed by atoms with Gasteiger partial charge in [-0.3, -0.25) is 9.69 Å². The molecule has 36 heavy (non-hydrogen) atoms. The number of piperidine rings is 1. The highest BCUT2D eigenvalue weighted by atomic mass is 16.5. The summed E-state index contributed by atoms with van der Waals surface area (Å²) in [6.45, 7) is 10.5. The molecule has 1 unspecified atom stereocenters. The molecule has 1 atom stereocenters. The Morgan fingerprint density at radius 1 is 1.17 bits per heavy atom. The molecule has 0 aromatic heterocycles. The number of methoxy groups -OCH3 is 2. The molecular weight excluding hydrogens is 454 g/mol. The Hall–Kier alpha value is -3.22. The van der Waals surface area contributed by atoms with Crippen LogP contribution in [0.25, 0.3) is 0 Å². The summed E-state index contributed by atoms with van der Waals surface area (Å²) >= 11 is 0. The third-order valence-electron chi connectivity index (χ3n) is 7.96. The summed E-state index contributed by atoms with van der Waals surface area (Å²) in [5, 5.41) is 0. The lowest BCUT2D eigenvalue weighted by Crippen LogP contribution is -2.54. The zero-order chi connectivity index (χ0) is 26.0. The van der Waals surface area contributed by atoms with Crippen LogP contribution in [0.4, 0.5) is 4.79 Å². The lowest BCUT2D eigenvalue weighted by molar-refractivity contribution is -0.132. The molecule has 0 saturated carbocycles. The van der Waals surface area contributed by atoms with E-state index in [4.69, 9.17) is 9.47 Å². The van der Waals surface area contributed by atoms with E-state index >= 15 is 0 Å². The molecule has 1 aromatic rings. The highest BCUT2D eigenvalue weighted by Gasteiger charge is 2.55. The molecule has 3 heterocycles. The molecule has 1 aromatic carbocycles. The molecule has 4 rings (SSSR count). The SMILES string of the molecule is CC=CC(=CC)CC(=O)N1CCC2(CC1)C1=CC(C)c3c(cc(OC)cc3OC)CN1C(=O)N2CC. The van der Waals surface area contributed by atoms with Crippen LogP contribution in [0.15, 0.2) is 47.7 Å². The molecule has 0 bridgehead atoms. The van der Waals surface area contributed by atoms with Gasteiger partial charge in [-0.15, -0.1) is 0 Å². The fraction of sp³-hybridized carbons (Fsp3) is 0.517. The number of hydrogen-bond acceptors (Lipinski definition) is 4. The van der Waals surface area contributed by atoms with Gasteiger partial charge in [-0.05, 0) is 50.8 Å². The van der Waals surface area contributed by atoms with Crippen molar-refractivity contribution in [2.75, 3.05) is 33.9 Å². The number of carbonyl (C=O) groups is 2. The van der Waals surface area contributed by atoms with Crippen molar-refractivity contribution in [3.05, 3.63) is 58.8 Å². The fourth-order valence-corrected chi connectivity index (χ4v) is 6.15. The van der Waals surface area contributed by atoms with Crippen molar-refractivity contribution in [3.63, 3.8) is 0 Å². The predicted molar refractivity (Wildman–Crippen MR) is 141 cm³/mol. The highest BCUT2D eigenvalue weighted by Crippen LogP contribution is 2.49. The number of carbonyl (C=O) groups excluding carboxylic acids is 2. The fourth-order valence-electron chi connectivity index (χ4n) is 6.15. The predicted octanol–water partition coefficient (Wildman–Crippen LogP) is 5.24. The molecule has 2 fully saturated rings. The van der Waals surface area contributed by atoms with Crippen LogP contribution >= 0.6 is 0 Å². The monoisotopic (exact) mass is 493 g/mol. The van der Waals surface area contributed by atoms with Crippen molar-refractivity contribution < 1.29 is 19.1 Å². The van der Waals surface area contributed by atoms with Crippen LogP contribution in [-0.2, 0) is 11.3 Å². The number of likely N-dealkylation sites (N-methyl/N-ethyl adjacent to an activating group) is 1. The van der Waals surface area contributed by atoms with Gasteiger partial charge >= 0.3 is 6.03 Å². The van der Waals surface area contributed by atoms with E-state index in [2.05, 4.69) is 13.0 Å². The van der Waals surface area contributed by atoms with Crippen molar-refractivity contribution in [2.45, 2.75) is 65.0 Å². The average Bonchev–Trinajstić information content (AvgIpc) is 2.99. The first-order valence-corrected chi connectivity index (χ1v) is 12.9. The third-order valence-corrected chi connectivity index (χ3v) is 7.96. The van der Waals surface area contributed by atoms with Gasteiger partial charge in [0.2, 0.25) is 5.91 Å². The van der Waals surface area contributed by atoms with Crippen molar-refractivity contribution >= 4 is 11.9 Å². The molecule has 3 amide bonds. The number of urea groups is 1. The Kier molecular flexibility index (Phi) is 7.48. The van der Waals surface area contributed by atoms with E-state index in [9.17, 15) is 9.59 Å². The molecule has 0 N–H and O–H groups in total. The number of benzene rings is 1. The largest absolute Gasteiger partial charge is 0.497 e. The van der Waals surface area contributed by atoms with Crippen LogP contribution in [0.2, 0.25) is 0 Å². The number of likely N-dealkylation sites (tertiary alicyclic amines) is 1. The van der Waals surface area contributed by atoms with Gasteiger partial charge in [-0.1, -0.05) is 31.2 Å². The Labute approximate surface area is 215 Å². The van der Waals surface area contributed by atoms with Gasteiger partial charge in [0.05, 0.1) is 32.7 Å². The van der Waals surface area contributed by atoms with Gasteiger partial charge in [0.1, 0.15) is 11.5 Å². The van der Waals surface area contributed by atoms with Crippen LogP contribution in [0.3, 0.4) is 0 Å². The van der Waals surface area contributed by atoms with Gasteiger partial charge < -0.3 is 19.3 Å². The number of ether oxygens (including phenoxy) is 2. The Morgan fingerprint density at radius 2 is 1.89 bits per heavy atom. The summed E-state index contributed by atoms with van der Waals surface area (Å²) in [5.74, 6) is 1.72. The lowest BCUT2D eigenvalue weighted by atomic mass is 9.82. The molecule has 2 saturated heterocycles. The second-order valence-corrected chi connectivity index (χ2v) is 9.81. The normalized spacial score (nSPS) is 21.4. The van der Waals surface area contributed by atoms with Crippen LogP contribution in [0, 0.1) is 0 Å². The minimum absolute atomic E-state index is 0.0367. The molecule has 3 aliphatic heterocycles. The molecule has 0 radical (unpaired) electrons. The van der Waals surface area contributed by atoms with E-state index in [1.54, 1.807) is 14.2 Å². The highest BCUT2D eigenvalue weighted by molar-refractivity contribution is 5.84. The van der Waals surface area contributed by atoms with Gasteiger partial charge in [0.25, 0.3) is 0 Å². The minimum atomic E-state index is -0.400. The quantitative estimate of drug-likeness (QED) is 0.509. The molecule has 7 heteroatoms. The van der Waals surface area contributed by atoms with E-state index in [-0.39, 0.29) is 17.9 Å². The smallest absolute Gasteiger partial charge is 0.325 e. The van der Waals surface area contributed by atoms with Crippen molar-refractivity contribution in [1.29, 1.82) is 0 Å². The van der Waals surface area contributed by atoms with Gasteiger partial charge in [-0.2, -0.15) is 0 Å². The first kappa shape index (κ1) is 25.9. The summed E-state index contributed by atoms with van der Waals surface area (Å²) in [6.07, 6.45) is 10.1. The zero-order valence-corrected chi connectivity index (χ0v) is 22.5. The minimum Gasteiger partial charge on any atom is -0.497 e. The van der Waals surface area contributed by atoms with E-state index in [0.29, 0.717) is 32.6 Å². The molecule has 194 valence electrons. The first-order chi connectivity index (χ1) is 17.3. The second kappa shape index (κ2) is 10.4. The summed E-state index contributed by atoms with van der Waals surface area (Å²) in [6, 6.07) is 3.97. The van der Waals surface area contributed by atoms with E-state index in [1.807, 2.05) is 65.8 Å². The van der Waals surface area contributed by atoms with Crippen molar-refractivity contribution in [2.24, 2.45) is 0 Å². The van der Waals surface area contributed by atoms with E-state index in [0.717, 1.165) is 46.7 Å². The Morgan fingerprint density at radius 3 is 2.47 bits per heavy atom. The maximum absolute atomic E-state index is 13.7. The number of rotatable bonds is 6. The summed E-state index contributed by atoms with van der Waals surface area (Å²) in [5.41, 5.74) is 3.84. The first-order valence-electron chi connectivity index (χ1n) is 12.9. The second-order valence-electron chi connectivity index (χ2n) is 9.81. The van der Waals surface area contributed by atoms with Crippen molar-refractivity contribution in [3.8, 4) is 11.5 Å². The molecule has 1 spiro atoms. The number of hydrogen-bond donors (Lipinski definition) is 0. The van der Waals surface area contributed by atoms with E-state index in [1.165, 1.54) is 0 Å². The van der Waals surface area contributed by atoms with Gasteiger partial charge in [0.15, 0.2) is 0 Å². The summed E-state index contributed by atoms with van der Waals surface area (Å²) < 4.78 is 11.2. The van der Waals surface area contributed by atoms with Crippen molar-refractivity contribution in [1.82, 2.24) is 14.7 Å². The molecule has 0 aliphatic carbocycles. The average molecular weight is 494 g/mol. The summed E-state index contributed by atoms with van der Waals surface area (Å²) in [7, 11) is 3.32. The topological polar surface area (TPSA) is 62.3 Å². The van der Waals surface area contributed by atoms with Gasteiger partial charge in [0, 0.05) is 42.9 Å². The third kappa shape index (κ3) is 4.29. The number of amides is 3. The molecule has 3 aliphatic rings. The lowest BCUT2D eigenvalue weighted by Gasteiger charge is -2.44. The van der Waals surface area contributed by atoms with Crippen LogP contribution in [0.1, 0.15) is 64.0 Å². The maximum Gasteiger partial charge on any atom is 0.325 e. The Balaban J connectivity index is 1.65. The zero-order valence-electron chi connectivity index (χ0n) is 22.5. The van der Waals surface area contributed by atoms with Gasteiger partial charge in [-0.25, -0.2) is 4.79 Å². The van der Waals surface area contributed by atoms with Crippen LogP contribution in [-0.4, -0.2) is 66.0 Å². The molecule has 7 nitrogen and oxygen atoms in total. The number of allylic oxidation sites excluding steroid dienone is 4.